The van der Waals surface area contributed by atoms with E-state index in [4.69, 9.17) is 9.97 Å². The summed E-state index contributed by atoms with van der Waals surface area (Å²) in [5, 5.41) is 0. The molecule has 2 aliphatic heterocycles. The van der Waals surface area contributed by atoms with Gasteiger partial charge in [0.15, 0.2) is 24.8 Å². The zero-order chi connectivity index (χ0) is 28.8. The summed E-state index contributed by atoms with van der Waals surface area (Å²) < 4.78 is 4.11. The standard InChI is InChI=1S/C36H33N6.2HI/c1-5-25-27-7-11-31(37-27)35(23-15-19-41(3)20-16-23)33-13-9-29(39-33)26(6-2)30-10-14-34(40-30)36(32-12-8-28(25)38-32)24-17-21-42(4)22-18-24;;/h7-22H,5-6H2,1-4H3,(H,37,38,39,40);2*1H/q+1;;/p-1. The molecular weight excluding hydrogens is 770 g/mol. The van der Waals surface area contributed by atoms with Crippen molar-refractivity contribution in [3.8, 4) is 22.3 Å². The number of aryl methyl sites for hydroxylation is 4. The maximum Gasteiger partial charge on any atom is 0.169 e. The molecule has 222 valence electrons. The Hall–Kier alpha value is -3.64. The van der Waals surface area contributed by atoms with Crippen LogP contribution in [-0.2, 0) is 26.9 Å². The van der Waals surface area contributed by atoms with E-state index in [-0.39, 0.29) is 48.0 Å². The molecule has 5 aromatic rings. The number of nitrogens with zero attached hydrogens (tertiary/aromatic N) is 4. The van der Waals surface area contributed by atoms with Crippen LogP contribution in [0.4, 0.5) is 0 Å². The second-order valence-corrected chi connectivity index (χ2v) is 10.9. The highest BCUT2D eigenvalue weighted by molar-refractivity contribution is 5.95. The van der Waals surface area contributed by atoms with Crippen molar-refractivity contribution in [1.82, 2.24) is 19.9 Å². The van der Waals surface area contributed by atoms with E-state index in [1.807, 2.05) is 18.7 Å². The average molecular weight is 805 g/mol. The molecule has 0 aliphatic carbocycles. The molecule has 0 spiro atoms. The van der Waals surface area contributed by atoms with Gasteiger partial charge in [-0.25, -0.2) is 19.1 Å². The fourth-order valence-electron chi connectivity index (χ4n) is 6.01. The van der Waals surface area contributed by atoms with Crippen LogP contribution in [0.25, 0.3) is 68.6 Å². The first-order valence-corrected chi connectivity index (χ1v) is 14.6. The first-order valence-electron chi connectivity index (χ1n) is 14.6. The Bertz CT molecular complexity index is 1960. The molecule has 0 saturated heterocycles. The summed E-state index contributed by atoms with van der Waals surface area (Å²) in [5.74, 6) is 0. The van der Waals surface area contributed by atoms with Crippen molar-refractivity contribution in [2.24, 2.45) is 14.1 Å². The average Bonchev–Trinajstić information content (AvgIpc) is 3.82. The fourth-order valence-corrected chi connectivity index (χ4v) is 6.01. The van der Waals surface area contributed by atoms with E-state index in [0.717, 1.165) is 79.9 Å². The zero-order valence-corrected chi connectivity index (χ0v) is 29.5. The van der Waals surface area contributed by atoms with Gasteiger partial charge >= 0.3 is 0 Å². The first kappa shape index (κ1) is 31.8. The van der Waals surface area contributed by atoms with Gasteiger partial charge in [0.1, 0.15) is 14.1 Å². The number of rotatable bonds is 4. The lowest BCUT2D eigenvalue weighted by atomic mass is 10.0. The van der Waals surface area contributed by atoms with Gasteiger partial charge < -0.3 is 57.9 Å². The van der Waals surface area contributed by atoms with Crippen molar-refractivity contribution in [1.29, 1.82) is 0 Å². The minimum absolute atomic E-state index is 0. The maximum atomic E-state index is 5.21. The third-order valence-corrected chi connectivity index (χ3v) is 8.21. The van der Waals surface area contributed by atoms with Crippen molar-refractivity contribution in [2.75, 3.05) is 0 Å². The molecule has 8 bridgehead atoms. The van der Waals surface area contributed by atoms with Crippen LogP contribution >= 0.6 is 0 Å². The number of hydrogen-bond donors (Lipinski definition) is 2. The van der Waals surface area contributed by atoms with Crippen molar-refractivity contribution >= 4 is 46.4 Å². The third-order valence-electron chi connectivity index (χ3n) is 8.21. The van der Waals surface area contributed by atoms with Gasteiger partial charge in [-0.3, -0.25) is 0 Å². The second-order valence-electron chi connectivity index (χ2n) is 10.9. The SMILES string of the molecule is CCc1c2nc(c(-c3cc[n+](C)cc3)c3nc(c(CC)c4ccc([nH]4)c(-c4cc[n+](C)cc4)c4ccc1[nH]4)C=C3)C=C2.[I-].[I-]. The molecule has 2 N–H and O–H groups in total. The number of fused-ring (bicyclic) bond motifs is 8. The lowest BCUT2D eigenvalue weighted by Crippen LogP contribution is -3.00. The summed E-state index contributed by atoms with van der Waals surface area (Å²) in [7, 11) is 4.08. The van der Waals surface area contributed by atoms with Crippen LogP contribution in [0.1, 0.15) is 47.8 Å². The van der Waals surface area contributed by atoms with Crippen LogP contribution < -0.4 is 57.1 Å². The van der Waals surface area contributed by atoms with Crippen molar-refractivity contribution in [3.63, 3.8) is 0 Å². The fraction of sp³-hybridized carbons (Fsp3) is 0.167. The molecule has 0 radical (unpaired) electrons. The highest BCUT2D eigenvalue weighted by Gasteiger charge is 2.18. The predicted molar refractivity (Wildman–Crippen MR) is 171 cm³/mol. The van der Waals surface area contributed by atoms with E-state index in [1.54, 1.807) is 0 Å². The topological polar surface area (TPSA) is 65.1 Å². The molecule has 5 aromatic heterocycles. The van der Waals surface area contributed by atoms with E-state index < -0.39 is 0 Å². The van der Waals surface area contributed by atoms with Crippen LogP contribution in [-0.4, -0.2) is 19.9 Å². The van der Waals surface area contributed by atoms with Crippen LogP contribution in [0.2, 0.25) is 0 Å². The quantitative estimate of drug-likeness (QED) is 0.204. The zero-order valence-electron chi connectivity index (χ0n) is 25.2. The number of pyridine rings is 2. The summed E-state index contributed by atoms with van der Waals surface area (Å²) in [4.78, 5) is 18.0. The lowest BCUT2D eigenvalue weighted by molar-refractivity contribution is -0.671. The Kier molecular flexibility index (Phi) is 9.50. The van der Waals surface area contributed by atoms with Gasteiger partial charge in [0.2, 0.25) is 0 Å². The molecule has 0 atom stereocenters. The van der Waals surface area contributed by atoms with Gasteiger partial charge in [-0.1, -0.05) is 13.8 Å². The molecule has 6 nitrogen and oxygen atoms in total. The van der Waals surface area contributed by atoms with E-state index in [9.17, 15) is 0 Å². The van der Waals surface area contributed by atoms with Crippen molar-refractivity contribution < 1.29 is 57.1 Å². The molecule has 0 unspecified atom stereocenters. The highest BCUT2D eigenvalue weighted by atomic mass is 127. The van der Waals surface area contributed by atoms with E-state index in [2.05, 4.69) is 126 Å². The van der Waals surface area contributed by atoms with E-state index in [0.29, 0.717) is 0 Å². The number of aromatic nitrogens is 6. The summed E-state index contributed by atoms with van der Waals surface area (Å²) in [6.07, 6.45) is 18.6. The molecule has 44 heavy (non-hydrogen) atoms. The van der Waals surface area contributed by atoms with Gasteiger partial charge in [-0.2, -0.15) is 0 Å². The largest absolute Gasteiger partial charge is 1.00 e. The van der Waals surface area contributed by atoms with Crippen LogP contribution in [0.15, 0.2) is 73.3 Å². The van der Waals surface area contributed by atoms with Crippen LogP contribution in [0.3, 0.4) is 0 Å². The molecule has 0 amide bonds. The second kappa shape index (κ2) is 13.2. The van der Waals surface area contributed by atoms with Crippen LogP contribution in [0.5, 0.6) is 0 Å². The Morgan fingerprint density at radius 2 is 0.864 bits per heavy atom. The summed E-state index contributed by atoms with van der Waals surface area (Å²) in [6.45, 7) is 4.38. The Labute approximate surface area is 291 Å². The Balaban J connectivity index is 0.00000192. The number of nitrogens with one attached hydrogen (secondary N) is 2. The van der Waals surface area contributed by atoms with E-state index >= 15 is 0 Å². The predicted octanol–water partition coefficient (Wildman–Crippen LogP) is 0.771. The number of halogens is 2. The molecule has 8 heteroatoms. The Morgan fingerprint density at radius 3 is 1.27 bits per heavy atom. The normalized spacial score (nSPS) is 11.7. The summed E-state index contributed by atoms with van der Waals surface area (Å²) in [5.41, 5.74) is 14.9. The minimum atomic E-state index is 0. The highest BCUT2D eigenvalue weighted by Crippen LogP contribution is 2.34. The maximum absolute atomic E-state index is 5.21. The molecular formula is C36H34I2N6. The van der Waals surface area contributed by atoms with Gasteiger partial charge in [0, 0.05) is 68.6 Å². The molecule has 0 saturated carbocycles. The van der Waals surface area contributed by atoms with Crippen molar-refractivity contribution in [3.05, 3.63) is 107 Å². The Morgan fingerprint density at radius 1 is 0.500 bits per heavy atom. The number of aromatic amines is 2. The third kappa shape index (κ3) is 5.77. The first-order chi connectivity index (χ1) is 20.5. The summed E-state index contributed by atoms with van der Waals surface area (Å²) in [6, 6.07) is 17.4. The van der Waals surface area contributed by atoms with E-state index in [1.165, 1.54) is 11.1 Å². The molecule has 7 heterocycles. The van der Waals surface area contributed by atoms with Gasteiger partial charge in [0.25, 0.3) is 0 Å². The minimum Gasteiger partial charge on any atom is -1.00 e. The molecule has 0 fully saturated rings. The van der Waals surface area contributed by atoms with Gasteiger partial charge in [-0.15, -0.1) is 0 Å². The lowest BCUT2D eigenvalue weighted by Gasteiger charge is -2.05. The molecule has 7 rings (SSSR count). The summed E-state index contributed by atoms with van der Waals surface area (Å²) >= 11 is 0. The smallest absolute Gasteiger partial charge is 0.169 e. The molecule has 2 aliphatic rings. The molecule has 0 aromatic carbocycles. The van der Waals surface area contributed by atoms with Gasteiger partial charge in [-0.05, 0) is 72.5 Å². The van der Waals surface area contributed by atoms with Gasteiger partial charge in [0.05, 0.1) is 22.8 Å². The number of H-pyrrole nitrogens is 2. The van der Waals surface area contributed by atoms with Crippen LogP contribution in [0, 0.1) is 0 Å². The van der Waals surface area contributed by atoms with Crippen molar-refractivity contribution in [2.45, 2.75) is 26.7 Å². The monoisotopic (exact) mass is 804 g/mol. The number of hydrogen-bond acceptors (Lipinski definition) is 2.